The highest BCUT2D eigenvalue weighted by Crippen LogP contribution is 2.37. The summed E-state index contributed by atoms with van der Waals surface area (Å²) in [4.78, 5) is 32.0. The lowest BCUT2D eigenvalue weighted by Gasteiger charge is -2.39. The quantitative estimate of drug-likeness (QED) is 0.580. The maximum Gasteiger partial charge on any atom is 0.348 e. The van der Waals surface area contributed by atoms with Gasteiger partial charge in [-0.25, -0.2) is 4.79 Å². The minimum atomic E-state index is -0.976. The summed E-state index contributed by atoms with van der Waals surface area (Å²) in [6.07, 6.45) is 6.95. The molecule has 0 aromatic carbocycles. The molecule has 0 spiro atoms. The summed E-state index contributed by atoms with van der Waals surface area (Å²) in [5.41, 5.74) is 0.551. The van der Waals surface area contributed by atoms with E-state index in [1.165, 1.54) is 11.3 Å². The predicted molar refractivity (Wildman–Crippen MR) is 127 cm³/mol. The third-order valence-electron chi connectivity index (χ3n) is 6.90. The largest absolute Gasteiger partial charge is 0.481 e. The zero-order chi connectivity index (χ0) is 23.4. The van der Waals surface area contributed by atoms with Gasteiger partial charge < -0.3 is 19.5 Å². The highest BCUT2D eigenvalue weighted by molar-refractivity contribution is 7.12. The van der Waals surface area contributed by atoms with Crippen LogP contribution in [0.3, 0.4) is 0 Å². The van der Waals surface area contributed by atoms with Crippen LogP contribution in [0.15, 0.2) is 29.6 Å². The topological polar surface area (TPSA) is 89.0 Å². The van der Waals surface area contributed by atoms with Crippen LogP contribution in [0.5, 0.6) is 11.8 Å². The van der Waals surface area contributed by atoms with Crippen molar-refractivity contribution in [1.29, 1.82) is 0 Å². The van der Waals surface area contributed by atoms with Gasteiger partial charge in [0, 0.05) is 24.1 Å². The summed E-state index contributed by atoms with van der Waals surface area (Å²) >= 11 is 1.18. The first-order valence-electron chi connectivity index (χ1n) is 11.8. The number of hydrogen-bond acceptors (Lipinski definition) is 6. The summed E-state index contributed by atoms with van der Waals surface area (Å²) in [6.45, 7) is 2.23. The smallest absolute Gasteiger partial charge is 0.348 e. The van der Waals surface area contributed by atoms with Gasteiger partial charge in [0.15, 0.2) is 0 Å². The summed E-state index contributed by atoms with van der Waals surface area (Å²) in [6, 6.07) is 7.21. The van der Waals surface area contributed by atoms with E-state index in [1.54, 1.807) is 24.6 Å². The molecule has 0 radical (unpaired) electrons. The van der Waals surface area contributed by atoms with Crippen molar-refractivity contribution >= 4 is 28.9 Å². The first kappa shape index (κ1) is 23.5. The van der Waals surface area contributed by atoms with Crippen LogP contribution in [-0.2, 0) is 4.79 Å². The van der Waals surface area contributed by atoms with Gasteiger partial charge in [-0.3, -0.25) is 4.79 Å². The van der Waals surface area contributed by atoms with Crippen molar-refractivity contribution in [1.82, 2.24) is 4.98 Å². The maximum atomic E-state index is 13.7. The molecule has 8 heteroatoms. The molecule has 2 fully saturated rings. The fourth-order valence-corrected chi connectivity index (χ4v) is 5.74. The van der Waals surface area contributed by atoms with Crippen molar-refractivity contribution in [3.8, 4) is 11.8 Å². The number of pyridine rings is 1. The zero-order valence-corrected chi connectivity index (χ0v) is 20.1. The van der Waals surface area contributed by atoms with Crippen molar-refractivity contribution in [2.45, 2.75) is 70.4 Å². The number of ether oxygens (including phenoxy) is 2. The number of carboxylic acids is 1. The minimum absolute atomic E-state index is 0.00903. The lowest BCUT2D eigenvalue weighted by Crippen LogP contribution is -2.47. The van der Waals surface area contributed by atoms with Crippen molar-refractivity contribution in [3.63, 3.8) is 0 Å². The Morgan fingerprint density at radius 3 is 2.39 bits per heavy atom. The van der Waals surface area contributed by atoms with Crippen LogP contribution in [-0.4, -0.2) is 41.2 Å². The Hall–Kier alpha value is -2.61. The van der Waals surface area contributed by atoms with Gasteiger partial charge in [0.1, 0.15) is 11.0 Å². The second-order valence-corrected chi connectivity index (χ2v) is 10.1. The standard InChI is InChI=1S/C25H32N2O5S/c1-16-6-8-17(9-7-16)24(28)27(20-14-15-33-23(20)25(29)30)18-10-12-19(13-11-18)32-22-5-3-4-21(26-22)31-2/h3-5,14-19H,6-13H2,1-2H3,(H,29,30). The van der Waals surface area contributed by atoms with E-state index in [1.807, 2.05) is 17.0 Å². The van der Waals surface area contributed by atoms with Crippen LogP contribution < -0.4 is 14.4 Å². The second kappa shape index (κ2) is 10.5. The molecular weight excluding hydrogens is 440 g/mol. The molecule has 0 atom stereocenters. The van der Waals surface area contributed by atoms with Gasteiger partial charge in [-0.2, -0.15) is 4.98 Å². The van der Waals surface area contributed by atoms with E-state index in [0.29, 0.717) is 23.4 Å². The summed E-state index contributed by atoms with van der Waals surface area (Å²) in [5.74, 6) is 0.776. The molecule has 0 saturated heterocycles. The molecule has 2 saturated carbocycles. The highest BCUT2D eigenvalue weighted by Gasteiger charge is 2.37. The van der Waals surface area contributed by atoms with Crippen molar-refractivity contribution in [2.24, 2.45) is 11.8 Å². The molecule has 0 bridgehead atoms. The molecular formula is C25H32N2O5S. The number of carbonyl (C=O) groups is 2. The van der Waals surface area contributed by atoms with Gasteiger partial charge in [0.2, 0.25) is 17.7 Å². The first-order valence-corrected chi connectivity index (χ1v) is 12.7. The van der Waals surface area contributed by atoms with Crippen LogP contribution >= 0.6 is 11.3 Å². The lowest BCUT2D eigenvalue weighted by atomic mass is 9.81. The number of nitrogens with zero attached hydrogens (tertiary/aromatic N) is 2. The van der Waals surface area contributed by atoms with E-state index in [9.17, 15) is 14.7 Å². The molecule has 7 nitrogen and oxygen atoms in total. The number of carbonyl (C=O) groups excluding carboxylic acids is 1. The average molecular weight is 473 g/mol. The van der Waals surface area contributed by atoms with Gasteiger partial charge >= 0.3 is 5.97 Å². The Bertz CT molecular complexity index is 961. The Balaban J connectivity index is 1.48. The monoisotopic (exact) mass is 472 g/mol. The van der Waals surface area contributed by atoms with Crippen molar-refractivity contribution < 1.29 is 24.2 Å². The number of anilines is 1. The predicted octanol–water partition coefficient (Wildman–Crippen LogP) is 5.40. The second-order valence-electron chi connectivity index (χ2n) is 9.17. The Morgan fingerprint density at radius 1 is 1.03 bits per heavy atom. The molecule has 2 aromatic rings. The van der Waals surface area contributed by atoms with Gasteiger partial charge in [-0.15, -0.1) is 11.3 Å². The molecule has 2 aliphatic rings. The minimum Gasteiger partial charge on any atom is -0.481 e. The van der Waals surface area contributed by atoms with E-state index in [0.717, 1.165) is 51.4 Å². The van der Waals surface area contributed by atoms with Gasteiger partial charge in [0.25, 0.3) is 0 Å². The molecule has 0 unspecified atom stereocenters. The lowest BCUT2D eigenvalue weighted by molar-refractivity contribution is -0.124. The van der Waals surface area contributed by atoms with E-state index in [2.05, 4.69) is 11.9 Å². The number of rotatable bonds is 7. The number of hydrogen-bond donors (Lipinski definition) is 1. The van der Waals surface area contributed by atoms with E-state index >= 15 is 0 Å². The normalized spacial score (nSPS) is 25.3. The number of amides is 1. The molecule has 178 valence electrons. The molecule has 1 N–H and O–H groups in total. The highest BCUT2D eigenvalue weighted by atomic mass is 32.1. The van der Waals surface area contributed by atoms with Crippen LogP contribution in [0, 0.1) is 11.8 Å². The molecule has 33 heavy (non-hydrogen) atoms. The fraction of sp³-hybridized carbons (Fsp3) is 0.560. The Morgan fingerprint density at radius 2 is 1.73 bits per heavy atom. The van der Waals surface area contributed by atoms with Gasteiger partial charge in [-0.05, 0) is 68.7 Å². The van der Waals surface area contributed by atoms with Crippen LogP contribution in [0.1, 0.15) is 68.0 Å². The van der Waals surface area contributed by atoms with Crippen LogP contribution in [0.25, 0.3) is 0 Å². The SMILES string of the molecule is COc1cccc(OC2CCC(N(C(=O)C3CCC(C)CC3)c3ccsc3C(=O)O)CC2)n1. The molecule has 4 rings (SSSR count). The van der Waals surface area contributed by atoms with E-state index < -0.39 is 5.97 Å². The van der Waals surface area contributed by atoms with Crippen LogP contribution in [0.2, 0.25) is 0 Å². The Kier molecular flexibility index (Phi) is 7.53. The van der Waals surface area contributed by atoms with E-state index in [-0.39, 0.29) is 28.8 Å². The molecule has 1 amide bonds. The third kappa shape index (κ3) is 5.49. The summed E-state index contributed by atoms with van der Waals surface area (Å²) in [7, 11) is 1.58. The zero-order valence-electron chi connectivity index (χ0n) is 19.2. The maximum absolute atomic E-state index is 13.7. The number of thiophene rings is 1. The molecule has 0 aliphatic heterocycles. The van der Waals surface area contributed by atoms with Gasteiger partial charge in [-0.1, -0.05) is 13.0 Å². The summed E-state index contributed by atoms with van der Waals surface area (Å²) < 4.78 is 11.3. The number of methoxy groups -OCH3 is 1. The third-order valence-corrected chi connectivity index (χ3v) is 7.80. The molecule has 2 aromatic heterocycles. The molecule has 2 aliphatic carbocycles. The first-order chi connectivity index (χ1) is 16.0. The fourth-order valence-electron chi connectivity index (χ4n) is 5.02. The average Bonchev–Trinajstić information content (AvgIpc) is 3.31. The van der Waals surface area contributed by atoms with E-state index in [4.69, 9.17) is 9.47 Å². The number of aromatic nitrogens is 1. The number of carboxylic acid groups (broad SMARTS) is 1. The summed E-state index contributed by atoms with van der Waals surface area (Å²) in [5, 5.41) is 11.5. The van der Waals surface area contributed by atoms with Crippen molar-refractivity contribution in [2.75, 3.05) is 12.0 Å². The van der Waals surface area contributed by atoms with Crippen molar-refractivity contribution in [3.05, 3.63) is 34.5 Å². The molecule has 2 heterocycles. The van der Waals surface area contributed by atoms with Gasteiger partial charge in [0.05, 0.1) is 12.8 Å². The van der Waals surface area contributed by atoms with Crippen LogP contribution in [0.4, 0.5) is 5.69 Å². The Labute approximate surface area is 198 Å². The number of aromatic carboxylic acids is 1.